The van der Waals surface area contributed by atoms with Gasteiger partial charge in [0.05, 0.1) is 5.16 Å². The Morgan fingerprint density at radius 3 is 0.872 bits per heavy atom. The number of benzene rings is 1. The highest BCUT2D eigenvalue weighted by atomic mass is 31.2. The zero-order chi connectivity index (χ0) is 34.2. The SMILES string of the molecule is CCCCCCCCCCCCCCCCCCC(CCCCCCCCCCCCCCCCCC)(c1ccccc1)P(=O)(O)O. The predicted octanol–water partition coefficient (Wildman–Crippen LogP) is 15.4. The fourth-order valence-corrected chi connectivity index (χ4v) is 8.94. The molecule has 3 nitrogen and oxygen atoms in total. The Bertz CT molecular complexity index is 784. The average Bonchev–Trinajstić information content (AvgIpc) is 3.06. The summed E-state index contributed by atoms with van der Waals surface area (Å²) in [6, 6.07) is 9.76. The lowest BCUT2D eigenvalue weighted by molar-refractivity contribution is 0.297. The van der Waals surface area contributed by atoms with Crippen molar-refractivity contribution < 1.29 is 14.4 Å². The molecule has 0 aliphatic carbocycles. The highest BCUT2D eigenvalue weighted by molar-refractivity contribution is 7.53. The van der Waals surface area contributed by atoms with Crippen LogP contribution in [0.3, 0.4) is 0 Å². The van der Waals surface area contributed by atoms with E-state index < -0.39 is 12.8 Å². The van der Waals surface area contributed by atoms with Gasteiger partial charge in [-0.05, 0) is 18.4 Å². The molecule has 0 amide bonds. The van der Waals surface area contributed by atoms with Gasteiger partial charge in [-0.25, -0.2) is 0 Å². The molecule has 0 atom stereocenters. The number of hydrogen-bond donors (Lipinski definition) is 2. The molecular weight excluding hydrogens is 595 g/mol. The van der Waals surface area contributed by atoms with Crippen LogP contribution in [0.25, 0.3) is 0 Å². The molecule has 1 rings (SSSR count). The fraction of sp³-hybridized carbons (Fsp3) is 0.860. The molecule has 4 heteroatoms. The molecule has 0 saturated heterocycles. The second-order valence-corrected chi connectivity index (χ2v) is 17.0. The van der Waals surface area contributed by atoms with E-state index in [1.54, 1.807) is 0 Å². The van der Waals surface area contributed by atoms with E-state index in [0.29, 0.717) is 12.8 Å². The van der Waals surface area contributed by atoms with Gasteiger partial charge in [0.15, 0.2) is 0 Å². The van der Waals surface area contributed by atoms with Crippen molar-refractivity contribution in [3.05, 3.63) is 35.9 Å². The van der Waals surface area contributed by atoms with E-state index in [-0.39, 0.29) is 0 Å². The van der Waals surface area contributed by atoms with Gasteiger partial charge in [0.2, 0.25) is 0 Å². The zero-order valence-corrected chi connectivity index (χ0v) is 32.6. The molecule has 0 fully saturated rings. The minimum atomic E-state index is -4.31. The Morgan fingerprint density at radius 1 is 0.404 bits per heavy atom. The van der Waals surface area contributed by atoms with Crippen LogP contribution in [0, 0.1) is 0 Å². The van der Waals surface area contributed by atoms with Gasteiger partial charge in [-0.3, -0.25) is 4.57 Å². The first-order valence-electron chi connectivity index (χ1n) is 21.1. The van der Waals surface area contributed by atoms with E-state index in [2.05, 4.69) is 13.8 Å². The van der Waals surface area contributed by atoms with Gasteiger partial charge in [0.1, 0.15) is 0 Å². The summed E-state index contributed by atoms with van der Waals surface area (Å²) in [7, 11) is -4.31. The third kappa shape index (κ3) is 23.4. The molecular formula is C43H81O3P. The van der Waals surface area contributed by atoms with Crippen LogP contribution in [0.2, 0.25) is 0 Å². The van der Waals surface area contributed by atoms with Crippen molar-refractivity contribution in [3.63, 3.8) is 0 Å². The predicted molar refractivity (Wildman–Crippen MR) is 208 cm³/mol. The average molecular weight is 677 g/mol. The van der Waals surface area contributed by atoms with Crippen molar-refractivity contribution >= 4 is 7.60 Å². The lowest BCUT2D eigenvalue weighted by Gasteiger charge is -2.35. The molecule has 0 aliphatic heterocycles. The summed E-state index contributed by atoms with van der Waals surface area (Å²) in [5.41, 5.74) is 0.843. The normalized spacial score (nSPS) is 12.3. The summed E-state index contributed by atoms with van der Waals surface area (Å²) in [5, 5.41) is -1.03. The van der Waals surface area contributed by atoms with Crippen molar-refractivity contribution in [2.24, 2.45) is 0 Å². The lowest BCUT2D eigenvalue weighted by atomic mass is 9.87. The first-order chi connectivity index (χ1) is 23.0. The van der Waals surface area contributed by atoms with Crippen LogP contribution >= 0.6 is 7.60 Å². The number of rotatable bonds is 36. The van der Waals surface area contributed by atoms with E-state index >= 15 is 0 Å². The van der Waals surface area contributed by atoms with Crippen LogP contribution in [0.1, 0.15) is 238 Å². The highest BCUT2D eigenvalue weighted by Gasteiger charge is 2.46. The summed E-state index contributed by atoms with van der Waals surface area (Å²) in [5.74, 6) is 0. The summed E-state index contributed by atoms with van der Waals surface area (Å²) >= 11 is 0. The second-order valence-electron chi connectivity index (χ2n) is 15.0. The van der Waals surface area contributed by atoms with Crippen LogP contribution in [0.5, 0.6) is 0 Å². The number of unbranched alkanes of at least 4 members (excludes halogenated alkanes) is 30. The van der Waals surface area contributed by atoms with Gasteiger partial charge in [0, 0.05) is 0 Å². The Labute approximate surface area is 294 Å². The minimum absolute atomic E-state index is 0.596. The second kappa shape index (κ2) is 31.4. The molecule has 276 valence electrons. The van der Waals surface area contributed by atoms with E-state index in [0.717, 1.165) is 31.2 Å². The molecule has 1 aromatic rings. The zero-order valence-electron chi connectivity index (χ0n) is 31.7. The van der Waals surface area contributed by atoms with Crippen molar-refractivity contribution in [2.75, 3.05) is 0 Å². The smallest absolute Gasteiger partial charge is 0.324 e. The quantitative estimate of drug-likeness (QED) is 0.0549. The molecule has 0 heterocycles. The first kappa shape index (κ1) is 44.4. The Morgan fingerprint density at radius 2 is 0.638 bits per heavy atom. The number of hydrogen-bond acceptors (Lipinski definition) is 1. The molecule has 0 aliphatic rings. The lowest BCUT2D eigenvalue weighted by Crippen LogP contribution is -2.26. The monoisotopic (exact) mass is 677 g/mol. The van der Waals surface area contributed by atoms with Gasteiger partial charge in [-0.15, -0.1) is 0 Å². The van der Waals surface area contributed by atoms with Gasteiger partial charge < -0.3 is 9.79 Å². The Hall–Kier alpha value is -0.630. The minimum Gasteiger partial charge on any atom is -0.324 e. The van der Waals surface area contributed by atoms with E-state index in [4.69, 9.17) is 0 Å². The molecule has 1 aromatic carbocycles. The summed E-state index contributed by atoms with van der Waals surface area (Å²) in [6.07, 6.45) is 43.3. The largest absolute Gasteiger partial charge is 0.335 e. The first-order valence-corrected chi connectivity index (χ1v) is 22.7. The van der Waals surface area contributed by atoms with E-state index in [1.807, 2.05) is 30.3 Å². The van der Waals surface area contributed by atoms with Gasteiger partial charge >= 0.3 is 7.60 Å². The highest BCUT2D eigenvalue weighted by Crippen LogP contribution is 2.62. The van der Waals surface area contributed by atoms with Crippen molar-refractivity contribution in [1.82, 2.24) is 0 Å². The maximum Gasteiger partial charge on any atom is 0.335 e. The van der Waals surface area contributed by atoms with Crippen molar-refractivity contribution in [1.29, 1.82) is 0 Å². The van der Waals surface area contributed by atoms with E-state index in [1.165, 1.54) is 180 Å². The van der Waals surface area contributed by atoms with Gasteiger partial charge in [-0.2, -0.15) is 0 Å². The molecule has 2 N–H and O–H groups in total. The molecule has 47 heavy (non-hydrogen) atoms. The van der Waals surface area contributed by atoms with Crippen LogP contribution in [0.4, 0.5) is 0 Å². The Balaban J connectivity index is 2.24. The third-order valence-corrected chi connectivity index (χ3v) is 12.6. The maximum atomic E-state index is 13.1. The van der Waals surface area contributed by atoms with Crippen LogP contribution < -0.4 is 0 Å². The molecule has 0 unspecified atom stereocenters. The molecule has 0 aromatic heterocycles. The third-order valence-electron chi connectivity index (χ3n) is 10.8. The topological polar surface area (TPSA) is 57.5 Å². The maximum absolute atomic E-state index is 13.1. The van der Waals surface area contributed by atoms with E-state index in [9.17, 15) is 14.4 Å². The standard InChI is InChI=1S/C43H81O3P/c1-3-5-7-9-11-13-15-17-19-21-23-25-27-29-31-36-40-43(47(44,45)46,42-38-34-33-35-39-42)41-37-32-30-28-26-24-22-20-18-16-14-12-10-8-6-4-2/h33-35,38-39H,3-32,36-37,40-41H2,1-2H3,(H2,44,45,46). The van der Waals surface area contributed by atoms with Crippen molar-refractivity contribution in [3.8, 4) is 0 Å². The van der Waals surface area contributed by atoms with Crippen LogP contribution in [-0.2, 0) is 9.72 Å². The summed E-state index contributed by atoms with van der Waals surface area (Å²) < 4.78 is 13.1. The molecule has 0 bridgehead atoms. The summed E-state index contributed by atoms with van der Waals surface area (Å²) in [6.45, 7) is 4.57. The molecule has 0 radical (unpaired) electrons. The van der Waals surface area contributed by atoms with Crippen LogP contribution in [0.15, 0.2) is 30.3 Å². The Kier molecular flexibility index (Phi) is 29.6. The summed E-state index contributed by atoms with van der Waals surface area (Å²) in [4.78, 5) is 21.5. The molecule has 0 saturated carbocycles. The molecule has 0 spiro atoms. The van der Waals surface area contributed by atoms with Gasteiger partial charge in [-0.1, -0.05) is 250 Å². The van der Waals surface area contributed by atoms with Crippen molar-refractivity contribution in [2.45, 2.75) is 237 Å². The van der Waals surface area contributed by atoms with Gasteiger partial charge in [0.25, 0.3) is 0 Å². The van der Waals surface area contributed by atoms with Crippen LogP contribution in [-0.4, -0.2) is 9.79 Å². The fourth-order valence-electron chi connectivity index (χ4n) is 7.55.